The van der Waals surface area contributed by atoms with E-state index in [-0.39, 0.29) is 0 Å². The van der Waals surface area contributed by atoms with Crippen molar-refractivity contribution in [1.29, 1.82) is 0 Å². The molecule has 1 aromatic heterocycles. The summed E-state index contributed by atoms with van der Waals surface area (Å²) in [6.45, 7) is 3.52. The normalized spacial score (nSPS) is 25.1. The Bertz CT molecular complexity index is 370. The predicted molar refractivity (Wildman–Crippen MR) is 82.9 cm³/mol. The number of aryl methyl sites for hydroxylation is 2. The highest BCUT2D eigenvalue weighted by atomic mass is 32.2. The second-order valence-corrected chi connectivity index (χ2v) is 8.15. The van der Waals surface area contributed by atoms with Gasteiger partial charge >= 0.3 is 0 Å². The Morgan fingerprint density at radius 2 is 2.22 bits per heavy atom. The second kappa shape index (κ2) is 5.98. The van der Waals surface area contributed by atoms with Crippen molar-refractivity contribution in [3.8, 4) is 0 Å². The van der Waals surface area contributed by atoms with Crippen LogP contribution in [0, 0.1) is 0 Å². The highest BCUT2D eigenvalue weighted by molar-refractivity contribution is 8.00. The molecule has 0 bridgehead atoms. The lowest BCUT2D eigenvalue weighted by Gasteiger charge is -2.15. The number of thiophene rings is 1. The molecule has 1 N–H and O–H groups in total. The van der Waals surface area contributed by atoms with Gasteiger partial charge in [0.05, 0.1) is 0 Å². The second-order valence-electron chi connectivity index (χ2n) is 5.57. The van der Waals surface area contributed by atoms with Crippen LogP contribution in [-0.4, -0.2) is 17.5 Å². The topological polar surface area (TPSA) is 12.0 Å². The summed E-state index contributed by atoms with van der Waals surface area (Å²) in [6, 6.07) is 3.01. The van der Waals surface area contributed by atoms with Crippen LogP contribution in [0.1, 0.15) is 54.0 Å². The minimum absolute atomic E-state index is 0.543. The first-order chi connectivity index (χ1) is 8.83. The molecule has 3 heteroatoms. The maximum absolute atomic E-state index is 3.74. The predicted octanol–water partition coefficient (Wildman–Crippen LogP) is 4.17. The van der Waals surface area contributed by atoms with Crippen molar-refractivity contribution in [3.05, 3.63) is 21.4 Å². The third kappa shape index (κ3) is 2.94. The molecule has 2 atom stereocenters. The van der Waals surface area contributed by atoms with Gasteiger partial charge in [0.15, 0.2) is 0 Å². The molecule has 0 saturated carbocycles. The summed E-state index contributed by atoms with van der Waals surface area (Å²) in [7, 11) is 0. The SMILES string of the molecule is CC(NCC1CCCS1)c1cc2c(s1)CCCC2. The Morgan fingerprint density at radius 1 is 1.33 bits per heavy atom. The number of fused-ring (bicyclic) bond motifs is 1. The van der Waals surface area contributed by atoms with Gasteiger partial charge in [-0.05, 0) is 62.8 Å². The zero-order valence-corrected chi connectivity index (χ0v) is 12.8. The summed E-state index contributed by atoms with van der Waals surface area (Å²) in [5.74, 6) is 1.37. The van der Waals surface area contributed by atoms with Gasteiger partial charge in [-0.1, -0.05) is 0 Å². The summed E-state index contributed by atoms with van der Waals surface area (Å²) >= 11 is 4.20. The number of nitrogens with one attached hydrogen (secondary N) is 1. The van der Waals surface area contributed by atoms with Crippen molar-refractivity contribution in [2.45, 2.75) is 56.7 Å². The number of hydrogen-bond acceptors (Lipinski definition) is 3. The standard InChI is InChI=1S/C15H23NS2/c1-11(16-10-13-6-4-8-17-13)15-9-12-5-2-3-7-14(12)18-15/h9,11,13,16H,2-8,10H2,1H3. The summed E-state index contributed by atoms with van der Waals surface area (Å²) in [5, 5.41) is 4.60. The largest absolute Gasteiger partial charge is 0.308 e. The van der Waals surface area contributed by atoms with Crippen LogP contribution < -0.4 is 5.32 Å². The third-order valence-electron chi connectivity index (χ3n) is 4.12. The van der Waals surface area contributed by atoms with Crippen LogP contribution in [-0.2, 0) is 12.8 Å². The molecule has 0 amide bonds. The zero-order valence-electron chi connectivity index (χ0n) is 11.2. The van der Waals surface area contributed by atoms with Crippen LogP contribution >= 0.6 is 23.1 Å². The lowest BCUT2D eigenvalue weighted by molar-refractivity contribution is 0.565. The average molecular weight is 281 g/mol. The highest BCUT2D eigenvalue weighted by Crippen LogP contribution is 2.33. The fraction of sp³-hybridized carbons (Fsp3) is 0.733. The fourth-order valence-electron chi connectivity index (χ4n) is 2.94. The Balaban J connectivity index is 1.57. The van der Waals surface area contributed by atoms with Crippen molar-refractivity contribution in [2.24, 2.45) is 0 Å². The van der Waals surface area contributed by atoms with Crippen molar-refractivity contribution < 1.29 is 0 Å². The first kappa shape index (κ1) is 13.0. The lowest BCUT2D eigenvalue weighted by Crippen LogP contribution is -2.25. The van der Waals surface area contributed by atoms with E-state index >= 15 is 0 Å². The first-order valence-electron chi connectivity index (χ1n) is 7.29. The van der Waals surface area contributed by atoms with Gasteiger partial charge in [-0.25, -0.2) is 0 Å². The Hall–Kier alpha value is 0.01000. The average Bonchev–Trinajstić information content (AvgIpc) is 3.04. The molecule has 1 aliphatic heterocycles. The Morgan fingerprint density at radius 3 is 3.00 bits per heavy atom. The summed E-state index contributed by atoms with van der Waals surface area (Å²) in [6.07, 6.45) is 8.25. The first-order valence-corrected chi connectivity index (χ1v) is 9.16. The van der Waals surface area contributed by atoms with Gasteiger partial charge in [-0.3, -0.25) is 0 Å². The van der Waals surface area contributed by atoms with E-state index < -0.39 is 0 Å². The van der Waals surface area contributed by atoms with Crippen LogP contribution in [0.25, 0.3) is 0 Å². The van der Waals surface area contributed by atoms with Crippen molar-refractivity contribution in [1.82, 2.24) is 5.32 Å². The third-order valence-corrected chi connectivity index (χ3v) is 6.94. The summed E-state index contributed by atoms with van der Waals surface area (Å²) < 4.78 is 0. The van der Waals surface area contributed by atoms with Gasteiger partial charge in [0.25, 0.3) is 0 Å². The summed E-state index contributed by atoms with van der Waals surface area (Å²) in [5.41, 5.74) is 1.64. The van der Waals surface area contributed by atoms with E-state index in [0.717, 1.165) is 5.25 Å². The minimum Gasteiger partial charge on any atom is -0.308 e. The van der Waals surface area contributed by atoms with Crippen molar-refractivity contribution >= 4 is 23.1 Å². The van der Waals surface area contributed by atoms with Gasteiger partial charge < -0.3 is 5.32 Å². The molecule has 100 valence electrons. The van der Waals surface area contributed by atoms with Crippen LogP contribution in [0.5, 0.6) is 0 Å². The lowest BCUT2D eigenvalue weighted by atomic mass is 9.99. The van der Waals surface area contributed by atoms with Crippen LogP contribution in [0.2, 0.25) is 0 Å². The quantitative estimate of drug-likeness (QED) is 0.889. The molecule has 0 spiro atoms. The zero-order chi connectivity index (χ0) is 12.4. The molecule has 1 saturated heterocycles. The van der Waals surface area contributed by atoms with E-state index in [1.807, 2.05) is 0 Å². The van der Waals surface area contributed by atoms with Gasteiger partial charge in [-0.2, -0.15) is 11.8 Å². The molecular formula is C15H23NS2. The molecule has 2 unspecified atom stereocenters. The van der Waals surface area contributed by atoms with E-state index in [1.54, 1.807) is 15.3 Å². The van der Waals surface area contributed by atoms with Crippen LogP contribution in [0.15, 0.2) is 6.07 Å². The maximum atomic E-state index is 3.74. The molecule has 2 aliphatic rings. The van der Waals surface area contributed by atoms with Crippen molar-refractivity contribution in [2.75, 3.05) is 12.3 Å². The van der Waals surface area contributed by atoms with E-state index in [0.29, 0.717) is 6.04 Å². The van der Waals surface area contributed by atoms with Gasteiger partial charge in [0, 0.05) is 27.6 Å². The van der Waals surface area contributed by atoms with E-state index in [4.69, 9.17) is 0 Å². The molecule has 1 aliphatic carbocycles. The van der Waals surface area contributed by atoms with Crippen molar-refractivity contribution in [3.63, 3.8) is 0 Å². The molecule has 0 radical (unpaired) electrons. The fourth-order valence-corrected chi connectivity index (χ4v) is 5.44. The molecule has 1 aromatic rings. The maximum Gasteiger partial charge on any atom is 0.0386 e. The van der Waals surface area contributed by atoms with E-state index in [1.165, 1.54) is 50.8 Å². The molecule has 1 nitrogen and oxygen atoms in total. The Kier molecular flexibility index (Phi) is 4.32. The van der Waals surface area contributed by atoms with Crippen LogP contribution in [0.3, 0.4) is 0 Å². The number of rotatable bonds is 4. The number of thioether (sulfide) groups is 1. The van der Waals surface area contributed by atoms with Gasteiger partial charge in [0.2, 0.25) is 0 Å². The van der Waals surface area contributed by atoms with Crippen LogP contribution in [0.4, 0.5) is 0 Å². The van der Waals surface area contributed by atoms with E-state index in [2.05, 4.69) is 41.4 Å². The molecule has 0 aromatic carbocycles. The monoisotopic (exact) mass is 281 g/mol. The van der Waals surface area contributed by atoms with Gasteiger partial charge in [-0.15, -0.1) is 11.3 Å². The molecule has 1 fully saturated rings. The number of hydrogen-bond donors (Lipinski definition) is 1. The minimum atomic E-state index is 0.543. The highest BCUT2D eigenvalue weighted by Gasteiger charge is 2.19. The van der Waals surface area contributed by atoms with Gasteiger partial charge in [0.1, 0.15) is 0 Å². The molecular weight excluding hydrogens is 258 g/mol. The molecule has 3 rings (SSSR count). The summed E-state index contributed by atoms with van der Waals surface area (Å²) in [4.78, 5) is 3.23. The molecule has 2 heterocycles. The van der Waals surface area contributed by atoms with E-state index in [9.17, 15) is 0 Å². The molecule has 18 heavy (non-hydrogen) atoms. The smallest absolute Gasteiger partial charge is 0.0386 e. The Labute approximate surface area is 119 Å².